The third-order valence-corrected chi connectivity index (χ3v) is 7.30. The summed E-state index contributed by atoms with van der Waals surface area (Å²) in [6, 6.07) is 10.6. The van der Waals surface area contributed by atoms with Gasteiger partial charge in [-0.25, -0.2) is 4.98 Å². The van der Waals surface area contributed by atoms with Crippen LogP contribution in [0.3, 0.4) is 0 Å². The Morgan fingerprint density at radius 2 is 1.29 bits per heavy atom. The van der Waals surface area contributed by atoms with E-state index in [1.54, 1.807) is 18.3 Å². The second-order valence-electron chi connectivity index (χ2n) is 10.6. The third kappa shape index (κ3) is 17.0. The number of para-hydroxylation sites is 1. The predicted octanol–water partition coefficient (Wildman–Crippen LogP) is -0.0001000. The molecule has 2 aromatic heterocycles. The van der Waals surface area contributed by atoms with Gasteiger partial charge < -0.3 is 58.4 Å². The van der Waals surface area contributed by atoms with Crippen LogP contribution in [-0.2, 0) is 49.2 Å². The van der Waals surface area contributed by atoms with E-state index in [0.717, 1.165) is 27.7 Å². The number of carboxylic acids is 4. The second-order valence-corrected chi connectivity index (χ2v) is 12.1. The Hall–Kier alpha value is -5.14. The first kappa shape index (κ1) is 41.9. The van der Waals surface area contributed by atoms with Gasteiger partial charge in [-0.05, 0) is 42.2 Å². The van der Waals surface area contributed by atoms with Crippen molar-refractivity contribution in [1.82, 2.24) is 15.0 Å². The first-order valence-corrected chi connectivity index (χ1v) is 16.3. The van der Waals surface area contributed by atoms with Crippen molar-refractivity contribution in [3.63, 3.8) is 0 Å². The number of aliphatic carboxylic acids is 4. The molecular formula is C31H43N7O10S. The Bertz CT molecular complexity index is 1630. The van der Waals surface area contributed by atoms with Crippen molar-refractivity contribution in [2.45, 2.75) is 49.9 Å². The molecule has 5 unspecified atom stereocenters. The van der Waals surface area contributed by atoms with E-state index in [9.17, 15) is 23.4 Å². The molecule has 268 valence electrons. The number of nitrogens with one attached hydrogen (secondary N) is 2. The van der Waals surface area contributed by atoms with Crippen LogP contribution in [0.1, 0.15) is 23.2 Å². The lowest BCUT2D eigenvalue weighted by Crippen LogP contribution is -2.32. The van der Waals surface area contributed by atoms with Gasteiger partial charge in [0.2, 0.25) is 0 Å². The van der Waals surface area contributed by atoms with E-state index in [2.05, 4.69) is 15.0 Å². The number of hydrogen-bond acceptors (Lipinski definition) is 11. The molecule has 15 N–H and O–H groups in total. The number of phenolic OH excluding ortho intramolecular Hbond substituents is 1. The molecule has 5 atom stereocenters. The average molecular weight is 706 g/mol. The summed E-state index contributed by atoms with van der Waals surface area (Å²) in [5, 5.41) is 43.9. The van der Waals surface area contributed by atoms with Crippen LogP contribution in [0.5, 0.6) is 5.75 Å². The van der Waals surface area contributed by atoms with Crippen LogP contribution in [0, 0.1) is 0 Å². The molecule has 2 aromatic carbocycles. The number of aromatic amines is 2. The van der Waals surface area contributed by atoms with Crippen LogP contribution in [0.25, 0.3) is 10.9 Å². The Labute approximate surface area is 283 Å². The average Bonchev–Trinajstić information content (AvgIpc) is 3.72. The molecule has 2 heterocycles. The second kappa shape index (κ2) is 21.7. The van der Waals surface area contributed by atoms with Gasteiger partial charge in [0.15, 0.2) is 0 Å². The Kier molecular flexibility index (Phi) is 18.5. The molecular weight excluding hydrogens is 662 g/mol. The summed E-state index contributed by atoms with van der Waals surface area (Å²) in [5.74, 6) is -3.51. The maximum Gasteiger partial charge on any atom is 0.320 e. The lowest BCUT2D eigenvalue weighted by atomic mass is 10.1. The fourth-order valence-electron chi connectivity index (χ4n) is 3.73. The molecule has 0 radical (unpaired) electrons. The number of imidazole rings is 1. The number of carboxylic acid groups (broad SMARTS) is 4. The quantitative estimate of drug-likeness (QED) is 0.0872. The summed E-state index contributed by atoms with van der Waals surface area (Å²) in [6.45, 7) is 0. The standard InChI is InChI=1S/C11H12N2O2.C9H11NO3.C6H9N3O2.C5H11NO3S/c12-9(11(14)15)5-7-6-13-10-4-2-1-3-8(7)10;10-8(9(12)13)5-6-1-3-7(11)4-2-6;7-5(6(10)11)1-4-2-8-3-9-4;1-10(9)3-2-4(6)5(7)8/h1-4,6,9,13H,5,12H2,(H,14,15);1-4,8,11H,5,10H2,(H,12,13);2-3,5H,1,7H2,(H,8,9)(H,10,11);4H,2-3,6H2,1H3,(H,7,8). The predicted molar refractivity (Wildman–Crippen MR) is 182 cm³/mol. The number of aromatic nitrogens is 3. The Morgan fingerprint density at radius 1 is 0.755 bits per heavy atom. The molecule has 0 amide bonds. The molecule has 0 spiro atoms. The summed E-state index contributed by atoms with van der Waals surface area (Å²) >= 11 is 0. The number of nitrogens with zero attached hydrogens (tertiary/aromatic N) is 1. The van der Waals surface area contributed by atoms with E-state index in [0.29, 0.717) is 12.2 Å². The van der Waals surface area contributed by atoms with E-state index in [-0.39, 0.29) is 25.0 Å². The molecule has 0 aliphatic heterocycles. The minimum atomic E-state index is -1.04. The number of rotatable bonds is 13. The highest BCUT2D eigenvalue weighted by molar-refractivity contribution is 7.84. The van der Waals surface area contributed by atoms with Gasteiger partial charge in [-0.15, -0.1) is 0 Å². The zero-order valence-corrected chi connectivity index (χ0v) is 27.5. The van der Waals surface area contributed by atoms with Gasteiger partial charge in [-0.3, -0.25) is 23.4 Å². The summed E-state index contributed by atoms with van der Waals surface area (Å²) in [5.41, 5.74) is 24.7. The van der Waals surface area contributed by atoms with Crippen LogP contribution in [-0.4, -0.2) is 105 Å². The van der Waals surface area contributed by atoms with E-state index in [4.69, 9.17) is 48.5 Å². The number of H-pyrrole nitrogens is 2. The fourth-order valence-corrected chi connectivity index (χ4v) is 4.32. The minimum absolute atomic E-state index is 0.160. The van der Waals surface area contributed by atoms with Crippen molar-refractivity contribution >= 4 is 45.6 Å². The zero-order chi connectivity index (χ0) is 37.1. The SMILES string of the molecule is CS(=O)CCC(N)C(=O)O.NC(Cc1c[nH]c2ccccc12)C(=O)O.NC(Cc1ccc(O)cc1)C(=O)O.NC(Cc1cnc[nH]1)C(=O)O. The van der Waals surface area contributed by atoms with E-state index in [1.807, 2.05) is 30.5 Å². The molecule has 0 saturated carbocycles. The number of carbonyl (C=O) groups is 4. The summed E-state index contributed by atoms with van der Waals surface area (Å²) in [6.07, 6.45) is 7.57. The van der Waals surface area contributed by atoms with Crippen molar-refractivity contribution in [1.29, 1.82) is 0 Å². The van der Waals surface area contributed by atoms with Gasteiger partial charge >= 0.3 is 23.9 Å². The zero-order valence-electron chi connectivity index (χ0n) is 26.6. The van der Waals surface area contributed by atoms with Crippen LogP contribution < -0.4 is 22.9 Å². The molecule has 0 fully saturated rings. The summed E-state index contributed by atoms with van der Waals surface area (Å²) in [7, 11) is -0.946. The number of hydrogen-bond donors (Lipinski definition) is 11. The molecule has 0 bridgehead atoms. The smallest absolute Gasteiger partial charge is 0.320 e. The lowest BCUT2D eigenvalue weighted by Gasteiger charge is -2.05. The highest BCUT2D eigenvalue weighted by Gasteiger charge is 2.15. The molecule has 4 aromatic rings. The van der Waals surface area contributed by atoms with Crippen molar-refractivity contribution in [3.8, 4) is 5.75 Å². The number of phenols is 1. The van der Waals surface area contributed by atoms with Crippen LogP contribution in [0.2, 0.25) is 0 Å². The first-order chi connectivity index (χ1) is 23.0. The van der Waals surface area contributed by atoms with Crippen LogP contribution in [0.4, 0.5) is 0 Å². The molecule has 0 aliphatic carbocycles. The van der Waals surface area contributed by atoms with Crippen molar-refractivity contribution in [3.05, 3.63) is 84.1 Å². The topological polar surface area (TPSA) is 335 Å². The van der Waals surface area contributed by atoms with Gasteiger partial charge in [0.05, 0.1) is 6.33 Å². The molecule has 4 rings (SSSR count). The van der Waals surface area contributed by atoms with E-state index < -0.39 is 58.8 Å². The molecule has 0 saturated heterocycles. The van der Waals surface area contributed by atoms with Crippen molar-refractivity contribution in [2.75, 3.05) is 12.0 Å². The number of benzene rings is 2. The Balaban J connectivity index is 0.000000331. The van der Waals surface area contributed by atoms with Gasteiger partial charge in [-0.1, -0.05) is 30.3 Å². The maximum absolute atomic E-state index is 10.6. The van der Waals surface area contributed by atoms with E-state index in [1.165, 1.54) is 24.7 Å². The monoisotopic (exact) mass is 705 g/mol. The van der Waals surface area contributed by atoms with Gasteiger partial charge in [0, 0.05) is 64.6 Å². The van der Waals surface area contributed by atoms with E-state index >= 15 is 0 Å². The van der Waals surface area contributed by atoms with Crippen LogP contribution >= 0.6 is 0 Å². The summed E-state index contributed by atoms with van der Waals surface area (Å²) < 4.78 is 10.4. The molecule has 49 heavy (non-hydrogen) atoms. The van der Waals surface area contributed by atoms with Crippen LogP contribution in [0.15, 0.2) is 67.3 Å². The normalized spacial score (nSPS) is 13.4. The van der Waals surface area contributed by atoms with Crippen molar-refractivity contribution in [2.24, 2.45) is 22.9 Å². The minimum Gasteiger partial charge on any atom is -0.508 e. The van der Waals surface area contributed by atoms with Crippen molar-refractivity contribution < 1.29 is 48.9 Å². The number of fused-ring (bicyclic) bond motifs is 1. The largest absolute Gasteiger partial charge is 0.508 e. The first-order valence-electron chi connectivity index (χ1n) is 14.5. The number of nitrogens with two attached hydrogens (primary N) is 4. The molecule has 0 aliphatic rings. The van der Waals surface area contributed by atoms with Gasteiger partial charge in [0.1, 0.15) is 29.9 Å². The highest BCUT2D eigenvalue weighted by atomic mass is 32.2. The maximum atomic E-state index is 10.6. The van der Waals surface area contributed by atoms with Gasteiger partial charge in [0.25, 0.3) is 0 Å². The lowest BCUT2D eigenvalue weighted by molar-refractivity contribution is -0.139. The highest BCUT2D eigenvalue weighted by Crippen LogP contribution is 2.18. The Morgan fingerprint density at radius 3 is 1.80 bits per heavy atom. The fraction of sp³-hybridized carbons (Fsp3) is 0.323. The molecule has 18 heteroatoms. The third-order valence-electron chi connectivity index (χ3n) is 6.49. The number of aromatic hydroxyl groups is 1. The molecule has 17 nitrogen and oxygen atoms in total. The summed E-state index contributed by atoms with van der Waals surface area (Å²) in [4.78, 5) is 51.0. The van der Waals surface area contributed by atoms with Gasteiger partial charge in [-0.2, -0.15) is 0 Å².